The monoisotopic (exact) mass is 296 g/mol. The summed E-state index contributed by atoms with van der Waals surface area (Å²) in [5.74, 6) is 0.389. The molecule has 0 spiro atoms. The van der Waals surface area contributed by atoms with E-state index in [1.54, 1.807) is 18.2 Å². The first kappa shape index (κ1) is 14.2. The van der Waals surface area contributed by atoms with Gasteiger partial charge in [-0.3, -0.25) is 0 Å². The van der Waals surface area contributed by atoms with E-state index in [2.05, 4.69) is 0 Å². The quantitative estimate of drug-likeness (QED) is 0.808. The number of fused-ring (bicyclic) bond motifs is 1. The van der Waals surface area contributed by atoms with Crippen molar-refractivity contribution in [3.8, 4) is 11.5 Å². The minimum atomic E-state index is -0.472. The van der Waals surface area contributed by atoms with Gasteiger partial charge in [0.1, 0.15) is 23.2 Å². The Kier molecular flexibility index (Phi) is 3.83. The lowest BCUT2D eigenvalue weighted by Gasteiger charge is -2.16. The number of carbonyl (C=O) groups is 1. The third-order valence-electron chi connectivity index (χ3n) is 3.62. The molecule has 1 atom stereocenters. The van der Waals surface area contributed by atoms with Crippen molar-refractivity contribution in [2.45, 2.75) is 6.10 Å². The Morgan fingerprint density at radius 2 is 1.64 bits per heavy atom. The van der Waals surface area contributed by atoms with Crippen LogP contribution in [0.3, 0.4) is 0 Å². The predicted octanol–water partition coefficient (Wildman–Crippen LogP) is 3.63. The van der Waals surface area contributed by atoms with Gasteiger partial charge in [0.2, 0.25) is 0 Å². The van der Waals surface area contributed by atoms with Crippen LogP contribution in [0.2, 0.25) is 0 Å². The summed E-state index contributed by atoms with van der Waals surface area (Å²) in [5, 5.41) is 0. The molecule has 4 heteroatoms. The summed E-state index contributed by atoms with van der Waals surface area (Å²) in [6.45, 7) is 0. The van der Waals surface area contributed by atoms with Crippen LogP contribution in [0, 0.1) is 0 Å². The van der Waals surface area contributed by atoms with Crippen molar-refractivity contribution in [1.29, 1.82) is 0 Å². The van der Waals surface area contributed by atoms with E-state index in [0.29, 0.717) is 17.1 Å². The van der Waals surface area contributed by atoms with Gasteiger partial charge in [-0.05, 0) is 23.8 Å². The van der Waals surface area contributed by atoms with Gasteiger partial charge in [0.25, 0.3) is 0 Å². The summed E-state index contributed by atoms with van der Waals surface area (Å²) in [5.41, 5.74) is 2.34. The van der Waals surface area contributed by atoms with E-state index in [0.717, 1.165) is 11.1 Å². The van der Waals surface area contributed by atoms with Gasteiger partial charge in [0, 0.05) is 5.56 Å². The van der Waals surface area contributed by atoms with E-state index in [-0.39, 0.29) is 0 Å². The van der Waals surface area contributed by atoms with Crippen LogP contribution in [-0.4, -0.2) is 20.2 Å². The minimum absolute atomic E-state index is 0.297. The van der Waals surface area contributed by atoms with Crippen molar-refractivity contribution in [2.75, 3.05) is 14.2 Å². The fourth-order valence-electron chi connectivity index (χ4n) is 2.55. The molecule has 0 aliphatic heterocycles. The summed E-state index contributed by atoms with van der Waals surface area (Å²) >= 11 is 0. The SMILES string of the molecule is COc1cccc(OC)c1C(=O)OC1C=Cc2ccccc21. The maximum Gasteiger partial charge on any atom is 0.346 e. The first-order valence-corrected chi connectivity index (χ1v) is 6.93. The van der Waals surface area contributed by atoms with Gasteiger partial charge in [-0.25, -0.2) is 4.79 Å². The highest BCUT2D eigenvalue weighted by Crippen LogP contribution is 2.34. The molecule has 0 N–H and O–H groups in total. The number of esters is 1. The Morgan fingerprint density at radius 3 is 2.32 bits per heavy atom. The number of rotatable bonds is 4. The summed E-state index contributed by atoms with van der Waals surface area (Å²) in [6, 6.07) is 13.0. The van der Waals surface area contributed by atoms with Gasteiger partial charge in [-0.1, -0.05) is 36.4 Å². The molecule has 0 saturated heterocycles. The molecule has 0 bridgehead atoms. The molecule has 1 aliphatic carbocycles. The zero-order valence-electron chi connectivity index (χ0n) is 12.4. The van der Waals surface area contributed by atoms with E-state index in [1.807, 2.05) is 36.4 Å². The van der Waals surface area contributed by atoms with E-state index in [4.69, 9.17) is 14.2 Å². The van der Waals surface area contributed by atoms with E-state index in [9.17, 15) is 4.79 Å². The van der Waals surface area contributed by atoms with Crippen LogP contribution in [-0.2, 0) is 4.74 Å². The van der Waals surface area contributed by atoms with Gasteiger partial charge in [0.15, 0.2) is 0 Å². The molecule has 0 amide bonds. The summed E-state index contributed by atoms with van der Waals surface area (Å²) < 4.78 is 16.1. The fraction of sp³-hybridized carbons (Fsp3) is 0.167. The highest BCUT2D eigenvalue weighted by Gasteiger charge is 2.25. The molecule has 0 saturated carbocycles. The first-order chi connectivity index (χ1) is 10.7. The summed E-state index contributed by atoms with van der Waals surface area (Å²) in [4.78, 5) is 12.6. The van der Waals surface area contributed by atoms with Crippen molar-refractivity contribution >= 4 is 12.0 Å². The Morgan fingerprint density at radius 1 is 0.955 bits per heavy atom. The van der Waals surface area contributed by atoms with Crippen LogP contribution in [0.5, 0.6) is 11.5 Å². The van der Waals surface area contributed by atoms with Crippen molar-refractivity contribution in [3.05, 3.63) is 65.2 Å². The van der Waals surface area contributed by atoms with Crippen LogP contribution in [0.15, 0.2) is 48.5 Å². The Labute approximate surface area is 128 Å². The van der Waals surface area contributed by atoms with Gasteiger partial charge in [0.05, 0.1) is 14.2 Å². The highest BCUT2D eigenvalue weighted by molar-refractivity contribution is 5.96. The van der Waals surface area contributed by atoms with E-state index < -0.39 is 12.1 Å². The third kappa shape index (κ3) is 2.44. The number of ether oxygens (including phenoxy) is 3. The van der Waals surface area contributed by atoms with Crippen LogP contribution in [0.4, 0.5) is 0 Å². The molecule has 0 heterocycles. The van der Waals surface area contributed by atoms with E-state index in [1.165, 1.54) is 14.2 Å². The van der Waals surface area contributed by atoms with Crippen LogP contribution in [0.25, 0.3) is 6.08 Å². The molecule has 2 aromatic carbocycles. The average molecular weight is 296 g/mol. The number of benzene rings is 2. The maximum atomic E-state index is 12.6. The molecule has 1 unspecified atom stereocenters. The van der Waals surface area contributed by atoms with Crippen LogP contribution in [0.1, 0.15) is 27.6 Å². The predicted molar refractivity (Wildman–Crippen MR) is 83.2 cm³/mol. The first-order valence-electron chi connectivity index (χ1n) is 6.93. The minimum Gasteiger partial charge on any atom is -0.496 e. The topological polar surface area (TPSA) is 44.8 Å². The third-order valence-corrected chi connectivity index (χ3v) is 3.62. The van der Waals surface area contributed by atoms with Crippen molar-refractivity contribution in [3.63, 3.8) is 0 Å². The van der Waals surface area contributed by atoms with Crippen LogP contribution < -0.4 is 9.47 Å². The molecule has 112 valence electrons. The summed E-state index contributed by atoms with van der Waals surface area (Å²) in [7, 11) is 3.02. The molecule has 22 heavy (non-hydrogen) atoms. The van der Waals surface area contributed by atoms with Gasteiger partial charge < -0.3 is 14.2 Å². The van der Waals surface area contributed by atoms with Gasteiger partial charge >= 0.3 is 5.97 Å². The summed E-state index contributed by atoms with van der Waals surface area (Å²) in [6.07, 6.45) is 3.43. The zero-order valence-corrected chi connectivity index (χ0v) is 12.4. The Hall–Kier alpha value is -2.75. The maximum absolute atomic E-state index is 12.6. The second-order valence-electron chi connectivity index (χ2n) is 4.85. The molecule has 3 rings (SSSR count). The average Bonchev–Trinajstić information content (AvgIpc) is 2.97. The Balaban J connectivity index is 1.89. The number of carbonyl (C=O) groups excluding carboxylic acids is 1. The molecule has 2 aromatic rings. The second-order valence-corrected chi connectivity index (χ2v) is 4.85. The van der Waals surface area contributed by atoms with Crippen molar-refractivity contribution < 1.29 is 19.0 Å². The highest BCUT2D eigenvalue weighted by atomic mass is 16.5. The largest absolute Gasteiger partial charge is 0.496 e. The lowest BCUT2D eigenvalue weighted by molar-refractivity contribution is 0.0389. The molecular formula is C18H16O4. The lowest BCUT2D eigenvalue weighted by Crippen LogP contribution is -2.12. The van der Waals surface area contributed by atoms with Crippen molar-refractivity contribution in [1.82, 2.24) is 0 Å². The molecular weight excluding hydrogens is 280 g/mol. The standard InChI is InChI=1S/C18H16O4/c1-20-15-8-5-9-16(21-2)17(15)18(19)22-14-11-10-12-6-3-4-7-13(12)14/h3-11,14H,1-2H3. The zero-order chi connectivity index (χ0) is 15.5. The van der Waals surface area contributed by atoms with Gasteiger partial charge in [-0.2, -0.15) is 0 Å². The smallest absolute Gasteiger partial charge is 0.346 e. The number of hydrogen-bond donors (Lipinski definition) is 0. The lowest BCUT2D eigenvalue weighted by atomic mass is 10.1. The second kappa shape index (κ2) is 5.93. The number of methoxy groups -OCH3 is 2. The van der Waals surface area contributed by atoms with Gasteiger partial charge in [-0.15, -0.1) is 0 Å². The van der Waals surface area contributed by atoms with E-state index >= 15 is 0 Å². The molecule has 0 aromatic heterocycles. The molecule has 0 radical (unpaired) electrons. The normalized spacial score (nSPS) is 15.3. The Bertz CT molecular complexity index is 711. The molecule has 1 aliphatic rings. The fourth-order valence-corrected chi connectivity index (χ4v) is 2.55. The molecule has 4 nitrogen and oxygen atoms in total. The van der Waals surface area contributed by atoms with Crippen LogP contribution >= 0.6 is 0 Å². The molecule has 0 fully saturated rings. The number of hydrogen-bond acceptors (Lipinski definition) is 4. The van der Waals surface area contributed by atoms with Crippen molar-refractivity contribution in [2.24, 2.45) is 0 Å².